The van der Waals surface area contributed by atoms with Crippen molar-refractivity contribution in [3.05, 3.63) is 35.4 Å². The molecular formula is C22H27NO7S. The van der Waals surface area contributed by atoms with E-state index in [0.29, 0.717) is 46.8 Å². The number of rotatable bonds is 9. The third kappa shape index (κ3) is 4.27. The van der Waals surface area contributed by atoms with Crippen LogP contribution in [0.3, 0.4) is 0 Å². The number of carbonyl (C=O) groups is 1. The molecule has 1 fully saturated rings. The minimum atomic E-state index is -0.249. The highest BCUT2D eigenvalue weighted by molar-refractivity contribution is 8.00. The van der Waals surface area contributed by atoms with E-state index in [1.807, 2.05) is 24.3 Å². The Morgan fingerprint density at radius 2 is 1.39 bits per heavy atom. The number of ether oxygens (including phenoxy) is 6. The third-order valence-corrected chi connectivity index (χ3v) is 6.28. The van der Waals surface area contributed by atoms with Crippen molar-refractivity contribution in [2.75, 3.05) is 48.4 Å². The maximum atomic E-state index is 12.8. The van der Waals surface area contributed by atoms with Crippen LogP contribution in [0.15, 0.2) is 24.3 Å². The van der Waals surface area contributed by atoms with Crippen molar-refractivity contribution >= 4 is 17.7 Å². The van der Waals surface area contributed by atoms with Crippen LogP contribution in [0, 0.1) is 0 Å². The molecule has 0 radical (unpaired) electrons. The molecule has 0 N–H and O–H groups in total. The van der Waals surface area contributed by atoms with Crippen LogP contribution in [0.25, 0.3) is 0 Å². The summed E-state index contributed by atoms with van der Waals surface area (Å²) in [6.07, 6.45) is 0. The molecule has 8 nitrogen and oxygen atoms in total. The fourth-order valence-corrected chi connectivity index (χ4v) is 4.83. The zero-order valence-electron chi connectivity index (χ0n) is 18.5. The van der Waals surface area contributed by atoms with E-state index in [1.54, 1.807) is 47.6 Å². The van der Waals surface area contributed by atoms with E-state index in [4.69, 9.17) is 28.4 Å². The predicted molar refractivity (Wildman–Crippen MR) is 118 cm³/mol. The molecule has 1 aliphatic rings. The summed E-state index contributed by atoms with van der Waals surface area (Å²) in [6.45, 7) is 0.366. The number of hydrogen-bond donors (Lipinski definition) is 0. The van der Waals surface area contributed by atoms with Crippen LogP contribution in [-0.4, -0.2) is 59.2 Å². The summed E-state index contributed by atoms with van der Waals surface area (Å²) < 4.78 is 32.8. The van der Waals surface area contributed by atoms with Crippen LogP contribution in [0.4, 0.5) is 0 Å². The molecule has 1 aliphatic heterocycles. The van der Waals surface area contributed by atoms with Gasteiger partial charge in [-0.3, -0.25) is 4.79 Å². The molecule has 168 valence electrons. The molecule has 1 saturated heterocycles. The maximum absolute atomic E-state index is 12.8. The Morgan fingerprint density at radius 3 is 1.90 bits per heavy atom. The molecule has 2 aromatic carbocycles. The number of amides is 1. The van der Waals surface area contributed by atoms with Gasteiger partial charge in [-0.05, 0) is 29.8 Å². The summed E-state index contributed by atoms with van der Waals surface area (Å²) in [4.78, 5) is 14.6. The van der Waals surface area contributed by atoms with E-state index in [-0.39, 0.29) is 11.3 Å². The van der Waals surface area contributed by atoms with Crippen LogP contribution in [-0.2, 0) is 11.3 Å². The van der Waals surface area contributed by atoms with Crippen LogP contribution in [0.1, 0.15) is 16.5 Å². The molecule has 1 heterocycles. The van der Waals surface area contributed by atoms with Gasteiger partial charge in [-0.25, -0.2) is 0 Å². The lowest BCUT2D eigenvalue weighted by molar-refractivity contribution is -0.128. The molecule has 3 rings (SSSR count). The van der Waals surface area contributed by atoms with E-state index in [0.717, 1.165) is 11.1 Å². The molecular weight excluding hydrogens is 422 g/mol. The monoisotopic (exact) mass is 449 g/mol. The first-order valence-corrected chi connectivity index (χ1v) is 10.6. The number of carbonyl (C=O) groups excluding carboxylic acids is 1. The molecule has 0 saturated carbocycles. The third-order valence-electron chi connectivity index (χ3n) is 5.05. The highest BCUT2D eigenvalue weighted by atomic mass is 32.2. The fraction of sp³-hybridized carbons (Fsp3) is 0.409. The van der Waals surface area contributed by atoms with Crippen LogP contribution < -0.4 is 28.4 Å². The normalized spacial score (nSPS) is 15.6. The Hall–Kier alpha value is -2.94. The van der Waals surface area contributed by atoms with Gasteiger partial charge in [-0.15, -0.1) is 11.8 Å². The number of thioether (sulfide) groups is 1. The zero-order chi connectivity index (χ0) is 22.5. The SMILES string of the molecule is COc1cc(CN2C(=O)CSC2c2ccc(OC)c(OC)c2OC)cc(OC)c1OC. The topological polar surface area (TPSA) is 75.7 Å². The lowest BCUT2D eigenvalue weighted by Gasteiger charge is -2.27. The average Bonchev–Trinajstić information content (AvgIpc) is 3.16. The van der Waals surface area contributed by atoms with Gasteiger partial charge in [0.2, 0.25) is 17.4 Å². The van der Waals surface area contributed by atoms with Gasteiger partial charge < -0.3 is 33.3 Å². The standard InChI is InChI=1S/C22H27NO7S/c1-25-15-8-7-14(19(28-4)21(15)30-6)22-23(18(24)12-31-22)11-13-9-16(26-2)20(29-5)17(10-13)27-3/h7-10,22H,11-12H2,1-6H3. The van der Waals surface area contributed by atoms with E-state index in [1.165, 1.54) is 11.8 Å². The number of methoxy groups -OCH3 is 6. The second-order valence-electron chi connectivity index (χ2n) is 6.64. The van der Waals surface area contributed by atoms with E-state index in [9.17, 15) is 4.79 Å². The molecule has 9 heteroatoms. The largest absolute Gasteiger partial charge is 0.493 e. The maximum Gasteiger partial charge on any atom is 0.234 e. The summed E-state index contributed by atoms with van der Waals surface area (Å²) in [5.41, 5.74) is 1.69. The first-order chi connectivity index (χ1) is 15.0. The molecule has 2 aromatic rings. The Labute approximate surface area is 186 Å². The smallest absolute Gasteiger partial charge is 0.234 e. The lowest BCUT2D eigenvalue weighted by Crippen LogP contribution is -2.28. The van der Waals surface area contributed by atoms with Crippen molar-refractivity contribution in [1.82, 2.24) is 4.90 Å². The van der Waals surface area contributed by atoms with Crippen LogP contribution in [0.5, 0.6) is 34.5 Å². The summed E-state index contributed by atoms with van der Waals surface area (Å²) in [5.74, 6) is 3.59. The van der Waals surface area contributed by atoms with Crippen LogP contribution >= 0.6 is 11.8 Å². The molecule has 1 atom stereocenters. The molecule has 0 aliphatic carbocycles. The van der Waals surface area contributed by atoms with Crippen molar-refractivity contribution in [3.8, 4) is 34.5 Å². The summed E-state index contributed by atoms with van der Waals surface area (Å²) in [6, 6.07) is 7.41. The summed E-state index contributed by atoms with van der Waals surface area (Å²) >= 11 is 1.53. The second kappa shape index (κ2) is 9.91. The first-order valence-electron chi connectivity index (χ1n) is 9.51. The van der Waals surface area contributed by atoms with E-state index >= 15 is 0 Å². The fourth-order valence-electron chi connectivity index (χ4n) is 3.62. The van der Waals surface area contributed by atoms with Gasteiger partial charge in [0.05, 0.1) is 48.4 Å². The Kier molecular flexibility index (Phi) is 7.27. The van der Waals surface area contributed by atoms with Gasteiger partial charge >= 0.3 is 0 Å². The number of nitrogens with zero attached hydrogens (tertiary/aromatic N) is 1. The van der Waals surface area contributed by atoms with Gasteiger partial charge in [-0.2, -0.15) is 0 Å². The van der Waals surface area contributed by atoms with Gasteiger partial charge in [-0.1, -0.05) is 0 Å². The second-order valence-corrected chi connectivity index (χ2v) is 7.71. The number of benzene rings is 2. The molecule has 31 heavy (non-hydrogen) atoms. The van der Waals surface area contributed by atoms with Crippen molar-refractivity contribution in [2.45, 2.75) is 11.9 Å². The molecule has 1 amide bonds. The summed E-state index contributed by atoms with van der Waals surface area (Å²) in [7, 11) is 9.39. The summed E-state index contributed by atoms with van der Waals surface area (Å²) in [5, 5.41) is -0.249. The predicted octanol–water partition coefficient (Wildman–Crippen LogP) is 3.51. The average molecular weight is 450 g/mol. The van der Waals surface area contributed by atoms with Gasteiger partial charge in [0.15, 0.2) is 23.0 Å². The zero-order valence-corrected chi connectivity index (χ0v) is 19.3. The van der Waals surface area contributed by atoms with E-state index in [2.05, 4.69) is 0 Å². The molecule has 0 spiro atoms. The van der Waals surface area contributed by atoms with Crippen molar-refractivity contribution in [3.63, 3.8) is 0 Å². The molecule has 0 bridgehead atoms. The minimum Gasteiger partial charge on any atom is -0.493 e. The lowest BCUT2D eigenvalue weighted by atomic mass is 10.1. The highest BCUT2D eigenvalue weighted by Crippen LogP contribution is 2.49. The Balaban J connectivity index is 2.00. The Bertz CT molecular complexity index is 925. The molecule has 1 unspecified atom stereocenters. The number of hydrogen-bond acceptors (Lipinski definition) is 8. The van der Waals surface area contributed by atoms with Crippen LogP contribution in [0.2, 0.25) is 0 Å². The molecule has 0 aromatic heterocycles. The quantitative estimate of drug-likeness (QED) is 0.576. The Morgan fingerprint density at radius 1 is 0.806 bits per heavy atom. The highest BCUT2D eigenvalue weighted by Gasteiger charge is 2.36. The van der Waals surface area contributed by atoms with E-state index < -0.39 is 0 Å². The van der Waals surface area contributed by atoms with Crippen molar-refractivity contribution in [2.24, 2.45) is 0 Å². The van der Waals surface area contributed by atoms with Crippen molar-refractivity contribution in [1.29, 1.82) is 0 Å². The van der Waals surface area contributed by atoms with Gasteiger partial charge in [0.25, 0.3) is 0 Å². The van der Waals surface area contributed by atoms with Crippen molar-refractivity contribution < 1.29 is 33.2 Å². The minimum absolute atomic E-state index is 0.0283. The van der Waals surface area contributed by atoms with Gasteiger partial charge in [0.1, 0.15) is 5.37 Å². The first kappa shape index (κ1) is 22.7. The van der Waals surface area contributed by atoms with Gasteiger partial charge in [0, 0.05) is 12.1 Å².